The Morgan fingerprint density at radius 3 is 2.65 bits per heavy atom. The van der Waals surface area contributed by atoms with E-state index in [0.717, 1.165) is 11.4 Å². The van der Waals surface area contributed by atoms with Gasteiger partial charge < -0.3 is 9.64 Å². The molecule has 0 atom stereocenters. The molecule has 1 amide bonds. The minimum atomic E-state index is -0.419. The largest absolute Gasteiger partial charge is 0.468 e. The monoisotopic (exact) mass is 234 g/mol. The SMILES string of the molecule is COC(=O)CN1C(=O)CN(C)c2ccccc21. The van der Waals surface area contributed by atoms with Crippen LogP contribution >= 0.6 is 0 Å². The molecule has 0 aromatic heterocycles. The molecule has 5 nitrogen and oxygen atoms in total. The summed E-state index contributed by atoms with van der Waals surface area (Å²) in [5.74, 6) is -0.519. The third-order valence-electron chi connectivity index (χ3n) is 2.77. The zero-order valence-corrected chi connectivity index (χ0v) is 9.84. The standard InChI is InChI=1S/C12H14N2O3/c1-13-7-11(15)14(8-12(16)17-2)10-6-4-3-5-9(10)13/h3-6H,7-8H2,1-2H3. The highest BCUT2D eigenvalue weighted by Gasteiger charge is 2.28. The van der Waals surface area contributed by atoms with E-state index in [0.29, 0.717) is 0 Å². The number of esters is 1. The van der Waals surface area contributed by atoms with Gasteiger partial charge in [-0.25, -0.2) is 0 Å². The van der Waals surface area contributed by atoms with Crippen LogP contribution in [0, 0.1) is 0 Å². The average Bonchev–Trinajstić information content (AvgIpc) is 2.34. The van der Waals surface area contributed by atoms with Crippen LogP contribution in [0.3, 0.4) is 0 Å². The quantitative estimate of drug-likeness (QED) is 0.705. The molecule has 2 rings (SSSR count). The summed E-state index contributed by atoms with van der Waals surface area (Å²) in [6.45, 7) is 0.230. The molecule has 1 aromatic carbocycles. The van der Waals surface area contributed by atoms with Gasteiger partial charge in [-0.3, -0.25) is 14.5 Å². The average molecular weight is 234 g/mol. The van der Waals surface area contributed by atoms with Crippen molar-refractivity contribution >= 4 is 23.3 Å². The Kier molecular flexibility index (Phi) is 2.99. The molecule has 1 heterocycles. The molecular weight excluding hydrogens is 220 g/mol. The Morgan fingerprint density at radius 2 is 2.00 bits per heavy atom. The van der Waals surface area contributed by atoms with Gasteiger partial charge in [0.05, 0.1) is 25.0 Å². The van der Waals surface area contributed by atoms with Crippen molar-refractivity contribution in [3.8, 4) is 0 Å². The number of para-hydroxylation sites is 2. The normalized spacial score (nSPS) is 14.6. The lowest BCUT2D eigenvalue weighted by Gasteiger charge is -2.34. The summed E-state index contributed by atoms with van der Waals surface area (Å²) in [6, 6.07) is 7.49. The van der Waals surface area contributed by atoms with E-state index in [9.17, 15) is 9.59 Å². The van der Waals surface area contributed by atoms with Crippen LogP contribution in [0.5, 0.6) is 0 Å². The highest BCUT2D eigenvalue weighted by molar-refractivity contribution is 6.05. The fraction of sp³-hybridized carbons (Fsp3) is 0.333. The van der Waals surface area contributed by atoms with Crippen LogP contribution in [0.4, 0.5) is 11.4 Å². The van der Waals surface area contributed by atoms with Gasteiger partial charge in [-0.2, -0.15) is 0 Å². The van der Waals surface area contributed by atoms with E-state index in [1.54, 1.807) is 0 Å². The van der Waals surface area contributed by atoms with Crippen LogP contribution in [0.1, 0.15) is 0 Å². The molecule has 90 valence electrons. The van der Waals surface area contributed by atoms with Gasteiger partial charge in [0.25, 0.3) is 0 Å². The third kappa shape index (κ3) is 2.08. The lowest BCUT2D eigenvalue weighted by atomic mass is 10.1. The molecule has 0 bridgehead atoms. The molecule has 0 unspecified atom stereocenters. The summed E-state index contributed by atoms with van der Waals surface area (Å²) in [5.41, 5.74) is 1.69. The number of rotatable bonds is 2. The second kappa shape index (κ2) is 4.45. The second-order valence-electron chi connectivity index (χ2n) is 3.90. The molecular formula is C12H14N2O3. The number of likely N-dealkylation sites (N-methyl/N-ethyl adjacent to an activating group) is 1. The van der Waals surface area contributed by atoms with Crippen LogP contribution in [-0.2, 0) is 14.3 Å². The summed E-state index contributed by atoms with van der Waals surface area (Å²) in [4.78, 5) is 26.5. The first-order valence-electron chi connectivity index (χ1n) is 5.31. The van der Waals surface area contributed by atoms with Crippen molar-refractivity contribution < 1.29 is 14.3 Å². The van der Waals surface area contributed by atoms with Crippen molar-refractivity contribution in [3.63, 3.8) is 0 Å². The molecule has 17 heavy (non-hydrogen) atoms. The predicted octanol–water partition coefficient (Wildman–Crippen LogP) is 0.642. The Labute approximate surface area is 99.6 Å². The maximum Gasteiger partial charge on any atom is 0.325 e. The number of ether oxygens (including phenoxy) is 1. The van der Waals surface area contributed by atoms with Crippen molar-refractivity contribution in [3.05, 3.63) is 24.3 Å². The van der Waals surface area contributed by atoms with E-state index in [1.807, 2.05) is 36.2 Å². The molecule has 0 saturated carbocycles. The summed E-state index contributed by atoms with van der Waals surface area (Å²) >= 11 is 0. The van der Waals surface area contributed by atoms with Gasteiger partial charge in [-0.05, 0) is 12.1 Å². The van der Waals surface area contributed by atoms with Gasteiger partial charge in [0.2, 0.25) is 5.91 Å². The number of hydrogen-bond acceptors (Lipinski definition) is 4. The number of benzene rings is 1. The fourth-order valence-corrected chi connectivity index (χ4v) is 1.89. The van der Waals surface area contributed by atoms with Crippen molar-refractivity contribution in [2.45, 2.75) is 0 Å². The number of hydrogen-bond donors (Lipinski definition) is 0. The van der Waals surface area contributed by atoms with Gasteiger partial charge in [0, 0.05) is 7.05 Å². The van der Waals surface area contributed by atoms with Crippen molar-refractivity contribution in [1.29, 1.82) is 0 Å². The first-order valence-corrected chi connectivity index (χ1v) is 5.31. The van der Waals surface area contributed by atoms with E-state index in [4.69, 9.17) is 0 Å². The fourth-order valence-electron chi connectivity index (χ4n) is 1.89. The van der Waals surface area contributed by atoms with Gasteiger partial charge >= 0.3 is 5.97 Å². The number of anilines is 2. The Bertz CT molecular complexity index is 459. The molecule has 1 aliphatic rings. The van der Waals surface area contributed by atoms with Crippen LogP contribution in [0.15, 0.2) is 24.3 Å². The zero-order valence-electron chi connectivity index (χ0n) is 9.84. The van der Waals surface area contributed by atoms with Crippen molar-refractivity contribution in [1.82, 2.24) is 0 Å². The molecule has 0 fully saturated rings. The first kappa shape index (κ1) is 11.4. The van der Waals surface area contributed by atoms with Crippen LogP contribution in [0.2, 0.25) is 0 Å². The summed E-state index contributed by atoms with van der Waals surface area (Å²) < 4.78 is 4.60. The van der Waals surface area contributed by atoms with Crippen LogP contribution < -0.4 is 9.80 Å². The minimum Gasteiger partial charge on any atom is -0.468 e. The molecule has 0 aliphatic carbocycles. The van der Waals surface area contributed by atoms with Gasteiger partial charge in [-0.1, -0.05) is 12.1 Å². The lowest BCUT2D eigenvalue weighted by Crippen LogP contribution is -2.46. The summed E-state index contributed by atoms with van der Waals surface area (Å²) in [7, 11) is 3.17. The molecule has 5 heteroatoms. The van der Waals surface area contributed by atoms with Gasteiger partial charge in [-0.15, -0.1) is 0 Å². The number of fused-ring (bicyclic) bond motifs is 1. The number of amides is 1. The first-order chi connectivity index (χ1) is 8.13. The second-order valence-corrected chi connectivity index (χ2v) is 3.90. The number of carbonyl (C=O) groups is 2. The summed E-state index contributed by atoms with van der Waals surface area (Å²) in [6.07, 6.45) is 0. The minimum absolute atomic E-state index is 0.0415. The molecule has 1 aliphatic heterocycles. The highest BCUT2D eigenvalue weighted by atomic mass is 16.5. The van der Waals surface area contributed by atoms with E-state index in [1.165, 1.54) is 12.0 Å². The van der Waals surface area contributed by atoms with Gasteiger partial charge in [0.1, 0.15) is 6.54 Å². The van der Waals surface area contributed by atoms with Crippen molar-refractivity contribution in [2.75, 3.05) is 37.0 Å². The number of carbonyl (C=O) groups excluding carboxylic acids is 2. The smallest absolute Gasteiger partial charge is 0.325 e. The maximum atomic E-state index is 11.9. The number of methoxy groups -OCH3 is 1. The molecule has 1 aromatic rings. The lowest BCUT2D eigenvalue weighted by molar-refractivity contribution is -0.140. The highest BCUT2D eigenvalue weighted by Crippen LogP contribution is 2.31. The van der Waals surface area contributed by atoms with E-state index in [2.05, 4.69) is 4.74 Å². The van der Waals surface area contributed by atoms with E-state index in [-0.39, 0.29) is 19.0 Å². The predicted molar refractivity (Wildman–Crippen MR) is 64.1 cm³/mol. The van der Waals surface area contributed by atoms with Crippen LogP contribution in [0.25, 0.3) is 0 Å². The van der Waals surface area contributed by atoms with Gasteiger partial charge in [0.15, 0.2) is 0 Å². The van der Waals surface area contributed by atoms with E-state index >= 15 is 0 Å². The molecule has 0 saturated heterocycles. The number of nitrogens with zero attached hydrogens (tertiary/aromatic N) is 2. The summed E-state index contributed by atoms with van der Waals surface area (Å²) in [5, 5.41) is 0. The Morgan fingerprint density at radius 1 is 1.35 bits per heavy atom. The van der Waals surface area contributed by atoms with Crippen LogP contribution in [-0.4, -0.2) is 39.1 Å². The van der Waals surface area contributed by atoms with Crippen molar-refractivity contribution in [2.24, 2.45) is 0 Å². The molecule has 0 N–H and O–H groups in total. The van der Waals surface area contributed by atoms with E-state index < -0.39 is 5.97 Å². The molecule has 0 radical (unpaired) electrons. The Hall–Kier alpha value is -2.04. The zero-order chi connectivity index (χ0) is 12.4. The molecule has 0 spiro atoms. The maximum absolute atomic E-state index is 11.9. The Balaban J connectivity index is 2.36. The third-order valence-corrected chi connectivity index (χ3v) is 2.77. The topological polar surface area (TPSA) is 49.9 Å².